The lowest BCUT2D eigenvalue weighted by Gasteiger charge is -2.33. The first-order valence-corrected chi connectivity index (χ1v) is 6.38. The van der Waals surface area contributed by atoms with Crippen molar-refractivity contribution < 1.29 is 40.2 Å². The van der Waals surface area contributed by atoms with Gasteiger partial charge in [-0.3, -0.25) is 5.26 Å². The zero-order valence-corrected chi connectivity index (χ0v) is 11.5. The van der Waals surface area contributed by atoms with Gasteiger partial charge in [-0.05, 0) is 31.6 Å². The molecule has 0 aromatic rings. The maximum Gasteiger partial charge on any atom is 0.103 e. The van der Waals surface area contributed by atoms with E-state index in [1.54, 1.807) is 0 Å². The number of rotatable bonds is 4. The molecule has 0 heterocycles. The van der Waals surface area contributed by atoms with Crippen molar-refractivity contribution in [2.45, 2.75) is 63.9 Å². The first kappa shape index (κ1) is 20.8. The van der Waals surface area contributed by atoms with Crippen LogP contribution in [0, 0.1) is 0 Å². The van der Waals surface area contributed by atoms with Crippen molar-refractivity contribution in [3.63, 3.8) is 0 Å². The third-order valence-corrected chi connectivity index (χ3v) is 2.94. The Labute approximate surface area is 117 Å². The predicted molar refractivity (Wildman–Crippen MR) is 59.8 cm³/mol. The smallest absolute Gasteiger partial charge is 0.103 e. The van der Waals surface area contributed by atoms with Crippen LogP contribution in [0.2, 0.25) is 0 Å². The average molecular weight is 292 g/mol. The van der Waals surface area contributed by atoms with Crippen molar-refractivity contribution in [2.75, 3.05) is 0 Å². The molecule has 20 heavy (non-hydrogen) atoms. The van der Waals surface area contributed by atoms with E-state index in [2.05, 4.69) is 11.8 Å². The summed E-state index contributed by atoms with van der Waals surface area (Å²) in [5.74, 6) is 0. The second kappa shape index (κ2) is 12.5. The van der Waals surface area contributed by atoms with Crippen LogP contribution in [-0.2, 0) is 4.89 Å². The van der Waals surface area contributed by atoms with Crippen LogP contribution < -0.4 is 20.4 Å². The van der Waals surface area contributed by atoms with Crippen LogP contribution in [0.15, 0.2) is 0 Å². The van der Waals surface area contributed by atoms with Gasteiger partial charge >= 0.3 is 0 Å². The molecule has 0 radical (unpaired) electrons. The summed E-state index contributed by atoms with van der Waals surface area (Å²) in [6.45, 7) is 2.17. The van der Waals surface area contributed by atoms with Gasteiger partial charge in [0, 0.05) is 0 Å². The average Bonchev–Trinajstić information content (AvgIpc) is 2.36. The largest absolute Gasteiger partial charge is 0.652 e. The molecule has 1 fully saturated rings. The van der Waals surface area contributed by atoms with E-state index in [1.807, 2.05) is 0 Å². The summed E-state index contributed by atoms with van der Waals surface area (Å²) >= 11 is 0. The van der Waals surface area contributed by atoms with E-state index in [-0.39, 0.29) is 5.60 Å². The van der Waals surface area contributed by atoms with Gasteiger partial charge in [-0.1, -0.05) is 39.0 Å². The maximum atomic E-state index is 8.87. The second-order valence-electron chi connectivity index (χ2n) is 4.44. The predicted octanol–water partition coefficient (Wildman–Crippen LogP) is -1.52. The minimum absolute atomic E-state index is 0.172. The molecule has 0 aliphatic heterocycles. The highest BCUT2D eigenvalue weighted by Crippen LogP contribution is 2.34. The summed E-state index contributed by atoms with van der Waals surface area (Å²) in [5.41, 5.74) is -0.172. The fourth-order valence-corrected chi connectivity index (χ4v) is 2.08. The third-order valence-electron chi connectivity index (χ3n) is 2.94. The molecule has 0 atom stereocenters. The molecule has 1 rings (SSSR count). The van der Waals surface area contributed by atoms with Gasteiger partial charge in [0.05, 0.1) is 0 Å². The van der Waals surface area contributed by atoms with Gasteiger partial charge in [0.25, 0.3) is 0 Å². The Kier molecular flexibility index (Phi) is 13.0. The molecule has 0 amide bonds. The summed E-state index contributed by atoms with van der Waals surface area (Å²) < 4.78 is 0. The standard InChI is InChI=1S/C10H20O2.2CH2O3/c1-2-3-7-10(12-11)8-5-4-6-9-10;2*2-1(3)4/h11H,2-9H2,1H3;2*(H2,2,3,4)/p-4. The molecule has 0 bridgehead atoms. The van der Waals surface area contributed by atoms with Crippen LogP contribution in [0.25, 0.3) is 0 Å². The van der Waals surface area contributed by atoms with E-state index < -0.39 is 12.3 Å². The summed E-state index contributed by atoms with van der Waals surface area (Å²) in [4.78, 5) is 21.3. The van der Waals surface area contributed by atoms with Gasteiger partial charge in [0.2, 0.25) is 0 Å². The molecule has 1 aliphatic rings. The Hall–Kier alpha value is -1.54. The molecule has 0 saturated heterocycles. The van der Waals surface area contributed by atoms with E-state index in [4.69, 9.17) is 35.3 Å². The molecule has 1 N–H and O–H groups in total. The van der Waals surface area contributed by atoms with Gasteiger partial charge in [-0.2, -0.15) is 0 Å². The van der Waals surface area contributed by atoms with Crippen LogP contribution in [0.1, 0.15) is 58.3 Å². The lowest BCUT2D eigenvalue weighted by Crippen LogP contribution is -2.37. The monoisotopic (exact) mass is 292 g/mol. The lowest BCUT2D eigenvalue weighted by molar-refractivity contribution is -0.417. The van der Waals surface area contributed by atoms with E-state index in [0.717, 1.165) is 19.3 Å². The van der Waals surface area contributed by atoms with Crippen LogP contribution in [0.3, 0.4) is 0 Å². The molecule has 8 heteroatoms. The summed E-state index contributed by atoms with van der Waals surface area (Å²) in [6, 6.07) is 0. The maximum absolute atomic E-state index is 8.87. The van der Waals surface area contributed by atoms with Crippen molar-refractivity contribution >= 4 is 12.3 Å². The summed E-state index contributed by atoms with van der Waals surface area (Å²) in [6.07, 6.45) is 4.53. The number of carbonyl (C=O) groups is 2. The minimum Gasteiger partial charge on any atom is -0.652 e. The normalized spacial score (nSPS) is 15.9. The molecule has 0 unspecified atom stereocenters. The molecule has 1 saturated carbocycles. The fraction of sp³-hybridized carbons (Fsp3) is 0.833. The lowest BCUT2D eigenvalue weighted by atomic mass is 9.81. The molecule has 120 valence electrons. The number of unbranched alkanes of at least 4 members (excludes halogenated alkanes) is 1. The van der Waals surface area contributed by atoms with Crippen LogP contribution in [0.4, 0.5) is 9.59 Å². The number of carboxylic acid groups (broad SMARTS) is 4. The highest BCUT2D eigenvalue weighted by Gasteiger charge is 2.32. The van der Waals surface area contributed by atoms with Crippen LogP contribution in [0.5, 0.6) is 0 Å². The van der Waals surface area contributed by atoms with Gasteiger partial charge in [0.1, 0.15) is 5.60 Å². The first-order valence-electron chi connectivity index (χ1n) is 6.38. The molecule has 0 spiro atoms. The van der Waals surface area contributed by atoms with Crippen molar-refractivity contribution in [1.29, 1.82) is 0 Å². The Morgan fingerprint density at radius 1 is 1.05 bits per heavy atom. The van der Waals surface area contributed by atoms with Crippen molar-refractivity contribution in [3.05, 3.63) is 0 Å². The minimum atomic E-state index is -2.33. The van der Waals surface area contributed by atoms with Crippen molar-refractivity contribution in [1.82, 2.24) is 0 Å². The third kappa shape index (κ3) is 14.5. The number of hydrogen-bond acceptors (Lipinski definition) is 8. The molecular weight excluding hydrogens is 272 g/mol. The second-order valence-corrected chi connectivity index (χ2v) is 4.44. The molecule has 0 aromatic heterocycles. The van der Waals surface area contributed by atoms with E-state index in [1.165, 1.54) is 32.1 Å². The van der Waals surface area contributed by atoms with E-state index in [9.17, 15) is 0 Å². The zero-order chi connectivity index (χ0) is 16.0. The molecule has 1 aliphatic carbocycles. The Morgan fingerprint density at radius 2 is 1.45 bits per heavy atom. The van der Waals surface area contributed by atoms with Gasteiger partial charge in [-0.25, -0.2) is 4.89 Å². The van der Waals surface area contributed by atoms with Crippen LogP contribution >= 0.6 is 0 Å². The van der Waals surface area contributed by atoms with E-state index in [0.29, 0.717) is 0 Å². The zero-order valence-electron chi connectivity index (χ0n) is 11.5. The first-order chi connectivity index (χ1) is 9.29. The Balaban J connectivity index is 0. The molecule has 0 aromatic carbocycles. The number of hydrogen-bond donors (Lipinski definition) is 1. The molecule has 8 nitrogen and oxygen atoms in total. The van der Waals surface area contributed by atoms with Crippen molar-refractivity contribution in [3.8, 4) is 0 Å². The fourth-order valence-electron chi connectivity index (χ4n) is 2.08. The SMILES string of the molecule is CCCCC1(OO)CCCCC1.O=C([O-])[O-].O=C([O-])[O-]. The highest BCUT2D eigenvalue weighted by molar-refractivity contribution is 5.47. The van der Waals surface area contributed by atoms with E-state index >= 15 is 0 Å². The van der Waals surface area contributed by atoms with Crippen LogP contribution in [-0.4, -0.2) is 23.2 Å². The van der Waals surface area contributed by atoms with Gasteiger partial charge in [-0.15, -0.1) is 0 Å². The van der Waals surface area contributed by atoms with Gasteiger partial charge in [0.15, 0.2) is 0 Å². The quantitative estimate of drug-likeness (QED) is 0.483. The Bertz CT molecular complexity index is 240. The molecular formula is C12H20O8-4. The highest BCUT2D eigenvalue weighted by atomic mass is 17.1. The topological polar surface area (TPSA) is 156 Å². The van der Waals surface area contributed by atoms with Gasteiger partial charge < -0.3 is 30.0 Å². The Morgan fingerprint density at radius 3 is 1.75 bits per heavy atom. The number of carbonyl (C=O) groups excluding carboxylic acids is 2. The van der Waals surface area contributed by atoms with Crippen molar-refractivity contribution in [2.24, 2.45) is 0 Å². The summed E-state index contributed by atoms with van der Waals surface area (Å²) in [7, 11) is 0. The summed E-state index contributed by atoms with van der Waals surface area (Å²) in [5, 5.41) is 42.2.